The zero-order valence-corrected chi connectivity index (χ0v) is 9.93. The molecule has 1 saturated carbocycles. The Labute approximate surface area is 91.7 Å². The van der Waals surface area contributed by atoms with E-state index in [0.29, 0.717) is 0 Å². The lowest BCUT2D eigenvalue weighted by Crippen LogP contribution is -2.17. The van der Waals surface area contributed by atoms with Crippen LogP contribution in [0, 0.1) is 5.92 Å². The number of aromatic amines is 1. The van der Waals surface area contributed by atoms with Gasteiger partial charge in [-0.1, -0.05) is 20.8 Å². The number of aromatic nitrogens is 2. The molecule has 2 N–H and O–H groups in total. The Hall–Kier alpha value is -0.830. The standard InChI is InChI=1S/C12H21N3/c1-12(2,3)10-7-14-11(15-10)8-13-6-9-4-5-9/h7,9,13H,4-6,8H2,1-3H3,(H,14,15). The van der Waals surface area contributed by atoms with E-state index in [0.717, 1.165) is 24.8 Å². The molecular formula is C12H21N3. The minimum Gasteiger partial charge on any atom is -0.344 e. The van der Waals surface area contributed by atoms with Crippen molar-refractivity contribution in [2.24, 2.45) is 5.92 Å². The maximum absolute atomic E-state index is 4.38. The number of nitrogens with zero attached hydrogens (tertiary/aromatic N) is 1. The number of imidazole rings is 1. The van der Waals surface area contributed by atoms with Crippen LogP contribution in [0.15, 0.2) is 6.20 Å². The molecule has 1 fully saturated rings. The Bertz CT molecular complexity index is 318. The zero-order valence-electron chi connectivity index (χ0n) is 9.93. The fourth-order valence-corrected chi connectivity index (χ4v) is 1.55. The first-order valence-corrected chi connectivity index (χ1v) is 5.81. The van der Waals surface area contributed by atoms with Crippen LogP contribution in [0.5, 0.6) is 0 Å². The summed E-state index contributed by atoms with van der Waals surface area (Å²) in [6.45, 7) is 8.60. The SMILES string of the molecule is CC(C)(C)c1cnc(CNCC2CC2)[nH]1. The second-order valence-electron chi connectivity index (χ2n) is 5.57. The van der Waals surface area contributed by atoms with Crippen LogP contribution in [-0.2, 0) is 12.0 Å². The van der Waals surface area contributed by atoms with Crippen LogP contribution >= 0.6 is 0 Å². The van der Waals surface area contributed by atoms with E-state index >= 15 is 0 Å². The van der Waals surface area contributed by atoms with E-state index in [1.807, 2.05) is 6.20 Å². The maximum atomic E-state index is 4.38. The van der Waals surface area contributed by atoms with Gasteiger partial charge in [0.05, 0.1) is 6.54 Å². The summed E-state index contributed by atoms with van der Waals surface area (Å²) in [7, 11) is 0. The zero-order chi connectivity index (χ0) is 10.9. The van der Waals surface area contributed by atoms with Gasteiger partial charge >= 0.3 is 0 Å². The molecule has 3 nitrogen and oxygen atoms in total. The van der Waals surface area contributed by atoms with E-state index in [1.165, 1.54) is 18.5 Å². The van der Waals surface area contributed by atoms with E-state index in [1.54, 1.807) is 0 Å². The molecule has 0 aromatic carbocycles. The molecule has 2 rings (SSSR count). The summed E-state index contributed by atoms with van der Waals surface area (Å²) >= 11 is 0. The summed E-state index contributed by atoms with van der Waals surface area (Å²) < 4.78 is 0. The molecule has 0 bridgehead atoms. The first kappa shape index (κ1) is 10.7. The van der Waals surface area contributed by atoms with Crippen molar-refractivity contribution in [1.82, 2.24) is 15.3 Å². The molecule has 0 radical (unpaired) electrons. The molecule has 3 heteroatoms. The van der Waals surface area contributed by atoms with Gasteiger partial charge in [0, 0.05) is 17.3 Å². The molecule has 0 atom stereocenters. The van der Waals surface area contributed by atoms with Gasteiger partial charge in [-0.05, 0) is 25.3 Å². The van der Waals surface area contributed by atoms with Crippen LogP contribution in [0.4, 0.5) is 0 Å². The summed E-state index contributed by atoms with van der Waals surface area (Å²) in [5.74, 6) is 1.99. The molecule has 0 amide bonds. The Balaban J connectivity index is 1.83. The molecule has 0 saturated heterocycles. The van der Waals surface area contributed by atoms with E-state index in [-0.39, 0.29) is 5.41 Å². The van der Waals surface area contributed by atoms with Crippen molar-refractivity contribution in [3.8, 4) is 0 Å². The molecular weight excluding hydrogens is 186 g/mol. The fraction of sp³-hybridized carbons (Fsp3) is 0.750. The Morgan fingerprint density at radius 3 is 2.73 bits per heavy atom. The molecule has 0 unspecified atom stereocenters. The molecule has 0 spiro atoms. The Kier molecular flexibility index (Phi) is 2.83. The Morgan fingerprint density at radius 2 is 2.20 bits per heavy atom. The summed E-state index contributed by atoms with van der Waals surface area (Å²) in [6.07, 6.45) is 4.75. The van der Waals surface area contributed by atoms with Crippen LogP contribution in [0.1, 0.15) is 45.1 Å². The molecule has 1 aliphatic rings. The van der Waals surface area contributed by atoms with Crippen molar-refractivity contribution < 1.29 is 0 Å². The lowest BCUT2D eigenvalue weighted by molar-refractivity contribution is 0.566. The van der Waals surface area contributed by atoms with Crippen molar-refractivity contribution in [3.05, 3.63) is 17.7 Å². The van der Waals surface area contributed by atoms with Gasteiger partial charge in [0.25, 0.3) is 0 Å². The molecule has 1 aromatic rings. The minimum atomic E-state index is 0.168. The van der Waals surface area contributed by atoms with Crippen LogP contribution in [0.3, 0.4) is 0 Å². The predicted octanol–water partition coefficient (Wildman–Crippen LogP) is 2.21. The molecule has 0 aliphatic heterocycles. The van der Waals surface area contributed by atoms with Gasteiger partial charge in [-0.2, -0.15) is 0 Å². The van der Waals surface area contributed by atoms with Crippen molar-refractivity contribution in [1.29, 1.82) is 0 Å². The van der Waals surface area contributed by atoms with Gasteiger partial charge in [0.15, 0.2) is 0 Å². The third kappa shape index (κ3) is 3.06. The van der Waals surface area contributed by atoms with Gasteiger partial charge in [-0.3, -0.25) is 0 Å². The summed E-state index contributed by atoms with van der Waals surface area (Å²) in [5, 5.41) is 3.43. The summed E-state index contributed by atoms with van der Waals surface area (Å²) in [6, 6.07) is 0. The number of nitrogens with one attached hydrogen (secondary N) is 2. The third-order valence-corrected chi connectivity index (χ3v) is 2.86. The summed E-state index contributed by atoms with van der Waals surface area (Å²) in [5.41, 5.74) is 1.38. The third-order valence-electron chi connectivity index (χ3n) is 2.86. The highest BCUT2D eigenvalue weighted by Gasteiger charge is 2.20. The van der Waals surface area contributed by atoms with Gasteiger partial charge in [-0.15, -0.1) is 0 Å². The first-order chi connectivity index (χ1) is 7.05. The lowest BCUT2D eigenvalue weighted by Gasteiger charge is -2.15. The second-order valence-corrected chi connectivity index (χ2v) is 5.57. The van der Waals surface area contributed by atoms with Crippen LogP contribution < -0.4 is 5.32 Å². The summed E-state index contributed by atoms with van der Waals surface area (Å²) in [4.78, 5) is 7.76. The normalized spacial score (nSPS) is 17.0. The fourth-order valence-electron chi connectivity index (χ4n) is 1.55. The van der Waals surface area contributed by atoms with E-state index in [4.69, 9.17) is 0 Å². The number of hydrogen-bond donors (Lipinski definition) is 2. The van der Waals surface area contributed by atoms with Crippen LogP contribution in [0.25, 0.3) is 0 Å². The predicted molar refractivity (Wildman–Crippen MR) is 61.7 cm³/mol. The van der Waals surface area contributed by atoms with Gasteiger partial charge in [0.2, 0.25) is 0 Å². The largest absolute Gasteiger partial charge is 0.344 e. The van der Waals surface area contributed by atoms with Crippen molar-refractivity contribution in [3.63, 3.8) is 0 Å². The van der Waals surface area contributed by atoms with E-state index in [2.05, 4.69) is 36.1 Å². The first-order valence-electron chi connectivity index (χ1n) is 5.81. The number of hydrogen-bond acceptors (Lipinski definition) is 2. The van der Waals surface area contributed by atoms with Crippen LogP contribution in [-0.4, -0.2) is 16.5 Å². The Morgan fingerprint density at radius 1 is 1.47 bits per heavy atom. The highest BCUT2D eigenvalue weighted by Crippen LogP contribution is 2.27. The van der Waals surface area contributed by atoms with Crippen molar-refractivity contribution in [2.45, 2.75) is 45.6 Å². The monoisotopic (exact) mass is 207 g/mol. The smallest absolute Gasteiger partial charge is 0.120 e. The maximum Gasteiger partial charge on any atom is 0.120 e. The lowest BCUT2D eigenvalue weighted by atomic mass is 9.93. The highest BCUT2D eigenvalue weighted by molar-refractivity contribution is 5.11. The van der Waals surface area contributed by atoms with Gasteiger partial charge in [0.1, 0.15) is 5.82 Å². The average Bonchev–Trinajstić information content (AvgIpc) is 2.80. The van der Waals surface area contributed by atoms with Crippen molar-refractivity contribution in [2.75, 3.05) is 6.54 Å². The average molecular weight is 207 g/mol. The molecule has 15 heavy (non-hydrogen) atoms. The van der Waals surface area contributed by atoms with Gasteiger partial charge < -0.3 is 10.3 Å². The molecule has 1 aromatic heterocycles. The van der Waals surface area contributed by atoms with E-state index < -0.39 is 0 Å². The van der Waals surface area contributed by atoms with E-state index in [9.17, 15) is 0 Å². The quantitative estimate of drug-likeness (QED) is 0.794. The van der Waals surface area contributed by atoms with Crippen LogP contribution in [0.2, 0.25) is 0 Å². The molecule has 84 valence electrons. The second kappa shape index (κ2) is 3.97. The topological polar surface area (TPSA) is 40.7 Å². The number of rotatable bonds is 4. The number of H-pyrrole nitrogens is 1. The van der Waals surface area contributed by atoms with Crippen molar-refractivity contribution >= 4 is 0 Å². The van der Waals surface area contributed by atoms with Gasteiger partial charge in [-0.25, -0.2) is 4.98 Å². The minimum absolute atomic E-state index is 0.168. The molecule has 1 heterocycles. The highest BCUT2D eigenvalue weighted by atomic mass is 15.0. The molecule has 1 aliphatic carbocycles.